The van der Waals surface area contributed by atoms with Gasteiger partial charge >= 0.3 is 6.18 Å². The number of carbonyl (C=O) groups excluding carboxylic acids is 1. The molecule has 0 N–H and O–H groups in total. The summed E-state index contributed by atoms with van der Waals surface area (Å²) < 4.78 is 42.9. The van der Waals surface area contributed by atoms with Gasteiger partial charge in [-0.25, -0.2) is 0 Å². The molecule has 1 amide bonds. The summed E-state index contributed by atoms with van der Waals surface area (Å²) >= 11 is 0. The van der Waals surface area contributed by atoms with Gasteiger partial charge in [0.2, 0.25) is 11.8 Å². The van der Waals surface area contributed by atoms with E-state index in [4.69, 9.17) is 4.52 Å². The molecule has 5 nitrogen and oxygen atoms in total. The topological polar surface area (TPSA) is 59.2 Å². The van der Waals surface area contributed by atoms with Gasteiger partial charge in [0.25, 0.3) is 0 Å². The number of rotatable bonds is 5. The number of hydrogen-bond acceptors (Lipinski definition) is 4. The highest BCUT2D eigenvalue weighted by Gasteiger charge is 2.30. The zero-order valence-electron chi connectivity index (χ0n) is 12.7. The molecule has 0 spiro atoms. The molecule has 0 saturated carbocycles. The van der Waals surface area contributed by atoms with Gasteiger partial charge in [-0.3, -0.25) is 4.79 Å². The maximum atomic E-state index is 12.7. The first kappa shape index (κ1) is 17.0. The minimum absolute atomic E-state index is 0.116. The monoisotopic (exact) mass is 327 g/mol. The highest BCUT2D eigenvalue weighted by Crippen LogP contribution is 2.29. The van der Waals surface area contributed by atoms with Gasteiger partial charge in [0.15, 0.2) is 5.82 Å². The van der Waals surface area contributed by atoms with Crippen molar-refractivity contribution < 1.29 is 22.5 Å². The second-order valence-electron chi connectivity index (χ2n) is 5.01. The van der Waals surface area contributed by atoms with Crippen LogP contribution in [-0.2, 0) is 23.9 Å². The number of aryl methyl sites for hydroxylation is 1. The van der Waals surface area contributed by atoms with Gasteiger partial charge in [0.05, 0.1) is 18.5 Å². The molecule has 1 aromatic carbocycles. The summed E-state index contributed by atoms with van der Waals surface area (Å²) in [5.41, 5.74) is -0.452. The Morgan fingerprint density at radius 2 is 2.09 bits per heavy atom. The van der Waals surface area contributed by atoms with E-state index < -0.39 is 11.7 Å². The number of hydrogen-bond donors (Lipinski definition) is 0. The van der Waals surface area contributed by atoms with Gasteiger partial charge < -0.3 is 9.42 Å². The van der Waals surface area contributed by atoms with E-state index in [0.29, 0.717) is 23.8 Å². The molecule has 0 bridgehead atoms. The molecule has 0 radical (unpaired) electrons. The van der Waals surface area contributed by atoms with Crippen LogP contribution in [0.4, 0.5) is 13.2 Å². The second kappa shape index (κ2) is 6.80. The summed E-state index contributed by atoms with van der Waals surface area (Å²) in [6.07, 6.45) is -4.54. The van der Waals surface area contributed by atoms with Crippen LogP contribution >= 0.6 is 0 Å². The van der Waals surface area contributed by atoms with Crippen molar-refractivity contribution >= 4 is 5.91 Å². The number of alkyl halides is 3. The van der Waals surface area contributed by atoms with Crippen LogP contribution in [0.5, 0.6) is 0 Å². The Kier molecular flexibility index (Phi) is 5.02. The van der Waals surface area contributed by atoms with Crippen LogP contribution in [0.2, 0.25) is 0 Å². The van der Waals surface area contributed by atoms with Gasteiger partial charge in [-0.05, 0) is 18.6 Å². The largest absolute Gasteiger partial charge is 0.416 e. The van der Waals surface area contributed by atoms with Crippen molar-refractivity contribution in [1.29, 1.82) is 0 Å². The van der Waals surface area contributed by atoms with Gasteiger partial charge in [0.1, 0.15) is 0 Å². The van der Waals surface area contributed by atoms with Crippen molar-refractivity contribution in [2.75, 3.05) is 6.54 Å². The molecule has 0 aliphatic heterocycles. The Hall–Kier alpha value is -2.38. The van der Waals surface area contributed by atoms with Gasteiger partial charge in [-0.2, -0.15) is 18.2 Å². The summed E-state index contributed by atoms with van der Waals surface area (Å²) in [5.74, 6) is 0.456. The molecule has 1 aromatic heterocycles. The number of carbonyl (C=O) groups is 1. The third-order valence-corrected chi connectivity index (χ3v) is 3.25. The molecule has 8 heteroatoms. The minimum Gasteiger partial charge on any atom is -0.340 e. The maximum Gasteiger partial charge on any atom is 0.416 e. The smallest absolute Gasteiger partial charge is 0.340 e. The standard InChI is InChI=1S/C15H16F3N3O2/c1-3-21(9-13-19-10(2)23-20-13)14(22)8-11-5-4-6-12(7-11)15(16,17)18/h4-7H,3,8-9H2,1-2H3. The maximum absolute atomic E-state index is 12.7. The van der Waals surface area contributed by atoms with Gasteiger partial charge in [-0.15, -0.1) is 0 Å². The lowest BCUT2D eigenvalue weighted by Crippen LogP contribution is -2.32. The Morgan fingerprint density at radius 3 is 2.65 bits per heavy atom. The highest BCUT2D eigenvalue weighted by atomic mass is 19.4. The zero-order valence-corrected chi connectivity index (χ0v) is 12.7. The lowest BCUT2D eigenvalue weighted by molar-refractivity contribution is -0.138. The predicted octanol–water partition coefficient (Wildman–Crippen LogP) is 2.99. The van der Waals surface area contributed by atoms with E-state index in [1.54, 1.807) is 13.8 Å². The van der Waals surface area contributed by atoms with Crippen LogP contribution in [0, 0.1) is 6.92 Å². The number of nitrogens with zero attached hydrogens (tertiary/aromatic N) is 3. The molecule has 0 unspecified atom stereocenters. The molecule has 0 atom stereocenters. The van der Waals surface area contributed by atoms with E-state index in [1.807, 2.05) is 0 Å². The second-order valence-corrected chi connectivity index (χ2v) is 5.01. The first-order chi connectivity index (χ1) is 10.8. The molecule has 0 fully saturated rings. The highest BCUT2D eigenvalue weighted by molar-refractivity contribution is 5.78. The average Bonchev–Trinajstić information content (AvgIpc) is 2.89. The Morgan fingerprint density at radius 1 is 1.35 bits per heavy atom. The van der Waals surface area contributed by atoms with Crippen molar-refractivity contribution in [3.63, 3.8) is 0 Å². The molecule has 0 aliphatic rings. The normalized spacial score (nSPS) is 11.5. The Bertz CT molecular complexity index is 683. The zero-order chi connectivity index (χ0) is 17.0. The van der Waals surface area contributed by atoms with Crippen LogP contribution < -0.4 is 0 Å². The van der Waals surface area contributed by atoms with Crippen LogP contribution in [-0.4, -0.2) is 27.5 Å². The summed E-state index contributed by atoms with van der Waals surface area (Å²) in [7, 11) is 0. The van der Waals surface area contributed by atoms with Crippen LogP contribution in [0.15, 0.2) is 28.8 Å². The van der Waals surface area contributed by atoms with E-state index in [-0.39, 0.29) is 18.9 Å². The number of halogens is 3. The van der Waals surface area contributed by atoms with E-state index in [1.165, 1.54) is 17.0 Å². The molecule has 1 heterocycles. The van der Waals surface area contributed by atoms with Crippen molar-refractivity contribution in [1.82, 2.24) is 15.0 Å². The van der Waals surface area contributed by atoms with E-state index in [2.05, 4.69) is 10.1 Å². The molecular weight excluding hydrogens is 311 g/mol. The third-order valence-electron chi connectivity index (χ3n) is 3.25. The molecule has 2 aromatic rings. The third kappa shape index (κ3) is 4.54. The molecule has 0 aliphatic carbocycles. The number of amides is 1. The Balaban J connectivity index is 2.07. The van der Waals surface area contributed by atoms with Crippen LogP contribution in [0.3, 0.4) is 0 Å². The summed E-state index contributed by atoms with van der Waals surface area (Å²) in [6, 6.07) is 4.77. The van der Waals surface area contributed by atoms with E-state index in [9.17, 15) is 18.0 Å². The van der Waals surface area contributed by atoms with Crippen molar-refractivity contribution in [3.8, 4) is 0 Å². The molecule has 23 heavy (non-hydrogen) atoms. The quantitative estimate of drug-likeness (QED) is 0.847. The number of aromatic nitrogens is 2. The lowest BCUT2D eigenvalue weighted by Gasteiger charge is -2.19. The van der Waals surface area contributed by atoms with Crippen molar-refractivity contribution in [2.45, 2.75) is 33.0 Å². The van der Waals surface area contributed by atoms with Crippen molar-refractivity contribution in [2.24, 2.45) is 0 Å². The van der Waals surface area contributed by atoms with Crippen LogP contribution in [0.1, 0.15) is 29.8 Å². The fourth-order valence-electron chi connectivity index (χ4n) is 2.10. The summed E-state index contributed by atoms with van der Waals surface area (Å²) in [6.45, 7) is 3.96. The van der Waals surface area contributed by atoms with E-state index >= 15 is 0 Å². The summed E-state index contributed by atoms with van der Waals surface area (Å²) in [4.78, 5) is 17.8. The lowest BCUT2D eigenvalue weighted by atomic mass is 10.1. The van der Waals surface area contributed by atoms with Crippen molar-refractivity contribution in [3.05, 3.63) is 47.1 Å². The SMILES string of the molecule is CCN(Cc1noc(C)n1)C(=O)Cc1cccc(C(F)(F)F)c1. The van der Waals surface area contributed by atoms with Gasteiger partial charge in [-0.1, -0.05) is 23.4 Å². The molecule has 2 rings (SSSR count). The van der Waals surface area contributed by atoms with E-state index in [0.717, 1.165) is 12.1 Å². The fraction of sp³-hybridized carbons (Fsp3) is 0.400. The average molecular weight is 327 g/mol. The number of likely N-dealkylation sites (N-methyl/N-ethyl adjacent to an activating group) is 1. The fourth-order valence-corrected chi connectivity index (χ4v) is 2.10. The first-order valence-electron chi connectivity index (χ1n) is 7.02. The molecular formula is C15H16F3N3O2. The predicted molar refractivity (Wildman–Crippen MR) is 75.3 cm³/mol. The summed E-state index contributed by atoms with van der Waals surface area (Å²) in [5, 5.41) is 3.71. The number of benzene rings is 1. The Labute approximate surface area is 131 Å². The molecule has 124 valence electrons. The van der Waals surface area contributed by atoms with Crippen LogP contribution in [0.25, 0.3) is 0 Å². The first-order valence-corrected chi connectivity index (χ1v) is 7.02. The minimum atomic E-state index is -4.42. The van der Waals surface area contributed by atoms with Gasteiger partial charge in [0, 0.05) is 13.5 Å². The molecule has 0 saturated heterocycles.